The predicted molar refractivity (Wildman–Crippen MR) is 76.0 cm³/mol. The van der Waals surface area contributed by atoms with Crippen LogP contribution in [-0.2, 0) is 10.0 Å². The number of nitrogens with one attached hydrogen (secondary N) is 1. The van der Waals surface area contributed by atoms with Crippen molar-refractivity contribution in [1.29, 1.82) is 5.26 Å². The Bertz CT molecular complexity index is 604. The number of halogens is 1. The molecule has 0 radical (unpaired) electrons. The second-order valence-electron chi connectivity index (χ2n) is 4.77. The molecule has 0 spiro atoms. The first-order valence-electron chi connectivity index (χ1n) is 6.50. The van der Waals surface area contributed by atoms with E-state index in [-0.39, 0.29) is 4.90 Å². The summed E-state index contributed by atoms with van der Waals surface area (Å²) in [5.41, 5.74) is 0. The fraction of sp³-hybridized carbons (Fsp3) is 0.462. The van der Waals surface area contributed by atoms with Gasteiger partial charge in [-0.2, -0.15) is 9.57 Å². The zero-order chi connectivity index (χ0) is 14.6. The summed E-state index contributed by atoms with van der Waals surface area (Å²) < 4.78 is 26.4. The standard InChI is InChI=1S/C13H16ClN3O2S/c14-12-3-1-4-13(11-12)20(18,19)17-9-7-16(8-10-17)6-2-5-15/h1,3-4,11H,2,6-10H2/p+1. The molecule has 1 heterocycles. The molecule has 1 aromatic rings. The van der Waals surface area contributed by atoms with Crippen molar-refractivity contribution in [3.63, 3.8) is 0 Å². The van der Waals surface area contributed by atoms with E-state index in [2.05, 4.69) is 6.07 Å². The lowest BCUT2D eigenvalue weighted by molar-refractivity contribution is -0.903. The number of hydrogen-bond acceptors (Lipinski definition) is 3. The third kappa shape index (κ3) is 3.49. The molecule has 0 aliphatic carbocycles. The van der Waals surface area contributed by atoms with Gasteiger partial charge in [0.25, 0.3) is 0 Å². The Morgan fingerprint density at radius 2 is 2.05 bits per heavy atom. The van der Waals surface area contributed by atoms with Gasteiger partial charge in [-0.15, -0.1) is 0 Å². The summed E-state index contributed by atoms with van der Waals surface area (Å²) in [5, 5.41) is 8.99. The van der Waals surface area contributed by atoms with Crippen LogP contribution in [0.5, 0.6) is 0 Å². The summed E-state index contributed by atoms with van der Waals surface area (Å²) >= 11 is 5.85. The molecule has 0 aromatic heterocycles. The van der Waals surface area contributed by atoms with Crippen molar-refractivity contribution in [2.24, 2.45) is 0 Å². The van der Waals surface area contributed by atoms with Crippen molar-refractivity contribution in [3.8, 4) is 6.07 Å². The number of piperazine rings is 1. The number of quaternary nitrogens is 1. The fourth-order valence-corrected chi connectivity index (χ4v) is 4.04. The van der Waals surface area contributed by atoms with Gasteiger partial charge in [-0.3, -0.25) is 0 Å². The largest absolute Gasteiger partial charge is 0.332 e. The highest BCUT2D eigenvalue weighted by atomic mass is 35.5. The summed E-state index contributed by atoms with van der Waals surface area (Å²) in [5.74, 6) is 0. The van der Waals surface area contributed by atoms with Crippen LogP contribution >= 0.6 is 11.6 Å². The Labute approximate surface area is 124 Å². The number of sulfonamides is 1. The third-order valence-electron chi connectivity index (χ3n) is 3.45. The van der Waals surface area contributed by atoms with Gasteiger partial charge in [0.1, 0.15) is 0 Å². The van der Waals surface area contributed by atoms with Gasteiger partial charge < -0.3 is 4.90 Å². The van der Waals surface area contributed by atoms with Crippen LogP contribution in [0.2, 0.25) is 5.02 Å². The maximum Gasteiger partial charge on any atom is 0.243 e. The molecular formula is C13H17ClN3O2S+. The molecule has 1 aromatic carbocycles. The average Bonchev–Trinajstić information content (AvgIpc) is 2.45. The highest BCUT2D eigenvalue weighted by Gasteiger charge is 2.30. The molecule has 0 amide bonds. The molecule has 1 saturated heterocycles. The van der Waals surface area contributed by atoms with E-state index in [1.54, 1.807) is 18.2 Å². The zero-order valence-electron chi connectivity index (χ0n) is 11.0. The van der Waals surface area contributed by atoms with Gasteiger partial charge in [-0.25, -0.2) is 8.42 Å². The van der Waals surface area contributed by atoms with Crippen LogP contribution in [0.3, 0.4) is 0 Å². The average molecular weight is 315 g/mol. The van der Waals surface area contributed by atoms with E-state index in [1.165, 1.54) is 15.3 Å². The van der Waals surface area contributed by atoms with Crippen LogP contribution < -0.4 is 4.90 Å². The Hall–Kier alpha value is -1.13. The first-order valence-corrected chi connectivity index (χ1v) is 8.32. The van der Waals surface area contributed by atoms with E-state index >= 15 is 0 Å². The molecule has 0 saturated carbocycles. The lowest BCUT2D eigenvalue weighted by atomic mass is 10.3. The summed E-state index contributed by atoms with van der Waals surface area (Å²) in [7, 11) is -3.46. The minimum Gasteiger partial charge on any atom is -0.332 e. The number of rotatable bonds is 4. The van der Waals surface area contributed by atoms with Crippen molar-refractivity contribution in [2.45, 2.75) is 11.3 Å². The van der Waals surface area contributed by atoms with E-state index in [4.69, 9.17) is 16.9 Å². The molecular weight excluding hydrogens is 298 g/mol. The van der Waals surface area contributed by atoms with Crippen LogP contribution in [0.1, 0.15) is 6.42 Å². The van der Waals surface area contributed by atoms with Crippen LogP contribution in [0.25, 0.3) is 0 Å². The maximum atomic E-state index is 12.5. The van der Waals surface area contributed by atoms with Crippen LogP contribution in [0.4, 0.5) is 0 Å². The van der Waals surface area contributed by atoms with Gasteiger partial charge in [0.2, 0.25) is 10.0 Å². The second-order valence-corrected chi connectivity index (χ2v) is 7.14. The lowest BCUT2D eigenvalue weighted by Gasteiger charge is -2.31. The van der Waals surface area contributed by atoms with Crippen molar-refractivity contribution >= 4 is 21.6 Å². The summed E-state index contributed by atoms with van der Waals surface area (Å²) in [6.07, 6.45) is 0.510. The number of hydrogen-bond donors (Lipinski definition) is 1. The van der Waals surface area contributed by atoms with Gasteiger partial charge >= 0.3 is 0 Å². The minimum atomic E-state index is -3.46. The topological polar surface area (TPSA) is 65.6 Å². The summed E-state index contributed by atoms with van der Waals surface area (Å²) in [4.78, 5) is 1.52. The van der Waals surface area contributed by atoms with E-state index in [0.717, 1.165) is 19.6 Å². The smallest absolute Gasteiger partial charge is 0.243 e. The van der Waals surface area contributed by atoms with E-state index in [1.807, 2.05) is 0 Å². The van der Waals surface area contributed by atoms with Gasteiger partial charge in [0.15, 0.2) is 0 Å². The number of benzene rings is 1. The fourth-order valence-electron chi connectivity index (χ4n) is 2.30. The maximum absolute atomic E-state index is 12.5. The van der Waals surface area contributed by atoms with Gasteiger partial charge in [-0.1, -0.05) is 17.7 Å². The van der Waals surface area contributed by atoms with Crippen molar-refractivity contribution in [1.82, 2.24) is 4.31 Å². The first-order chi connectivity index (χ1) is 9.54. The van der Waals surface area contributed by atoms with E-state index < -0.39 is 10.0 Å². The molecule has 1 aliphatic heterocycles. The van der Waals surface area contributed by atoms with Crippen molar-refractivity contribution in [3.05, 3.63) is 29.3 Å². The van der Waals surface area contributed by atoms with E-state index in [0.29, 0.717) is 24.5 Å². The number of nitriles is 1. The summed E-state index contributed by atoms with van der Waals surface area (Å²) in [6, 6.07) is 8.46. The molecule has 20 heavy (non-hydrogen) atoms. The van der Waals surface area contributed by atoms with Gasteiger partial charge in [0.05, 0.1) is 50.1 Å². The Balaban J connectivity index is 2.04. The Morgan fingerprint density at radius 1 is 1.35 bits per heavy atom. The molecule has 1 fully saturated rings. The highest BCUT2D eigenvalue weighted by molar-refractivity contribution is 7.89. The molecule has 0 unspecified atom stereocenters. The van der Waals surface area contributed by atoms with E-state index in [9.17, 15) is 8.42 Å². The zero-order valence-corrected chi connectivity index (χ0v) is 12.6. The monoisotopic (exact) mass is 314 g/mol. The first kappa shape index (κ1) is 15.3. The van der Waals surface area contributed by atoms with Gasteiger partial charge in [0, 0.05) is 5.02 Å². The van der Waals surface area contributed by atoms with Crippen LogP contribution in [0.15, 0.2) is 29.2 Å². The van der Waals surface area contributed by atoms with Gasteiger partial charge in [-0.05, 0) is 18.2 Å². The highest BCUT2D eigenvalue weighted by Crippen LogP contribution is 2.19. The Morgan fingerprint density at radius 3 is 2.65 bits per heavy atom. The quantitative estimate of drug-likeness (QED) is 0.860. The molecule has 1 N–H and O–H groups in total. The van der Waals surface area contributed by atoms with Crippen molar-refractivity contribution < 1.29 is 13.3 Å². The predicted octanol–water partition coefficient (Wildman–Crippen LogP) is 0.143. The normalized spacial score (nSPS) is 17.8. The molecule has 2 rings (SSSR count). The molecule has 0 atom stereocenters. The third-order valence-corrected chi connectivity index (χ3v) is 5.58. The SMILES string of the molecule is N#CCC[NH+]1CCN(S(=O)(=O)c2cccc(Cl)c2)CC1. The minimum absolute atomic E-state index is 0.241. The van der Waals surface area contributed by atoms with Crippen molar-refractivity contribution in [2.75, 3.05) is 32.7 Å². The molecule has 108 valence electrons. The molecule has 7 heteroatoms. The Kier molecular flexibility index (Phi) is 5.00. The summed E-state index contributed by atoms with van der Waals surface area (Å²) in [6.45, 7) is 3.22. The number of nitrogens with zero attached hydrogens (tertiary/aromatic N) is 2. The molecule has 0 bridgehead atoms. The molecule has 5 nitrogen and oxygen atoms in total. The lowest BCUT2D eigenvalue weighted by Crippen LogP contribution is -3.14. The van der Waals surface area contributed by atoms with Crippen LogP contribution in [-0.4, -0.2) is 45.4 Å². The second kappa shape index (κ2) is 6.55. The van der Waals surface area contributed by atoms with Crippen LogP contribution in [0, 0.1) is 11.3 Å². The molecule has 1 aliphatic rings.